The number of aromatic nitrogens is 2. The maximum Gasteiger partial charge on any atom is 0.263 e. The first-order valence-electron chi connectivity index (χ1n) is 7.86. The molecule has 3 aromatic rings. The van der Waals surface area contributed by atoms with Crippen molar-refractivity contribution in [1.82, 2.24) is 9.55 Å². The molecule has 0 bridgehead atoms. The van der Waals surface area contributed by atoms with Gasteiger partial charge in [0.2, 0.25) is 0 Å². The average molecular weight is 356 g/mol. The monoisotopic (exact) mass is 356 g/mol. The SMILES string of the molecule is CC1Cc2c(c3cccnc3n(-c3cccc(S(C)(=O)=O)c3)c2=O)O1. The van der Waals surface area contributed by atoms with Crippen LogP contribution >= 0.6 is 0 Å². The Bertz CT molecular complexity index is 1170. The Morgan fingerprint density at radius 2 is 2.04 bits per heavy atom. The molecule has 0 radical (unpaired) electrons. The van der Waals surface area contributed by atoms with E-state index in [1.54, 1.807) is 24.4 Å². The number of fused-ring (bicyclic) bond motifs is 3. The molecule has 0 saturated carbocycles. The van der Waals surface area contributed by atoms with Gasteiger partial charge in [0.15, 0.2) is 15.5 Å². The molecule has 4 rings (SSSR count). The van der Waals surface area contributed by atoms with Crippen LogP contribution in [0.2, 0.25) is 0 Å². The van der Waals surface area contributed by atoms with Crippen LogP contribution in [0.15, 0.2) is 52.3 Å². The summed E-state index contributed by atoms with van der Waals surface area (Å²) < 4.78 is 31.0. The van der Waals surface area contributed by atoms with Gasteiger partial charge in [-0.25, -0.2) is 13.4 Å². The first-order valence-corrected chi connectivity index (χ1v) is 9.75. The summed E-state index contributed by atoms with van der Waals surface area (Å²) in [6, 6.07) is 9.98. The summed E-state index contributed by atoms with van der Waals surface area (Å²) in [7, 11) is -3.38. The van der Waals surface area contributed by atoms with Gasteiger partial charge < -0.3 is 4.74 Å². The Kier molecular flexibility index (Phi) is 3.43. The summed E-state index contributed by atoms with van der Waals surface area (Å²) in [5, 5.41) is 0.742. The Labute approximate surface area is 144 Å². The van der Waals surface area contributed by atoms with Crippen molar-refractivity contribution in [3.05, 3.63) is 58.5 Å². The van der Waals surface area contributed by atoms with Crippen molar-refractivity contribution < 1.29 is 13.2 Å². The van der Waals surface area contributed by atoms with Crippen LogP contribution in [0.1, 0.15) is 12.5 Å². The molecule has 0 aliphatic carbocycles. The van der Waals surface area contributed by atoms with Crippen LogP contribution < -0.4 is 10.3 Å². The molecular weight excluding hydrogens is 340 g/mol. The van der Waals surface area contributed by atoms with Crippen molar-refractivity contribution in [2.24, 2.45) is 0 Å². The lowest BCUT2D eigenvalue weighted by molar-refractivity contribution is 0.257. The number of sulfone groups is 1. The number of hydrogen-bond donors (Lipinski definition) is 0. The fraction of sp³-hybridized carbons (Fsp3) is 0.222. The minimum Gasteiger partial charge on any atom is -0.489 e. The van der Waals surface area contributed by atoms with E-state index in [4.69, 9.17) is 4.74 Å². The molecule has 0 saturated heterocycles. The van der Waals surface area contributed by atoms with Gasteiger partial charge in [-0.3, -0.25) is 9.36 Å². The van der Waals surface area contributed by atoms with E-state index in [1.807, 2.05) is 13.0 Å². The first kappa shape index (κ1) is 15.8. The molecule has 0 N–H and O–H groups in total. The molecular formula is C18H16N2O4S. The topological polar surface area (TPSA) is 78.3 Å². The molecule has 1 unspecified atom stereocenters. The van der Waals surface area contributed by atoms with Gasteiger partial charge in [-0.15, -0.1) is 0 Å². The molecule has 1 aromatic carbocycles. The van der Waals surface area contributed by atoms with Crippen molar-refractivity contribution in [3.63, 3.8) is 0 Å². The molecule has 0 spiro atoms. The molecule has 2 aromatic heterocycles. The zero-order chi connectivity index (χ0) is 17.8. The number of pyridine rings is 2. The van der Waals surface area contributed by atoms with E-state index in [0.717, 1.165) is 11.6 Å². The number of hydrogen-bond acceptors (Lipinski definition) is 5. The van der Waals surface area contributed by atoms with Gasteiger partial charge in [0.05, 0.1) is 21.5 Å². The molecule has 25 heavy (non-hydrogen) atoms. The van der Waals surface area contributed by atoms with Crippen LogP contribution in [0, 0.1) is 0 Å². The van der Waals surface area contributed by atoms with Crippen molar-refractivity contribution in [1.29, 1.82) is 0 Å². The van der Waals surface area contributed by atoms with E-state index in [2.05, 4.69) is 4.98 Å². The Balaban J connectivity index is 2.09. The van der Waals surface area contributed by atoms with E-state index >= 15 is 0 Å². The van der Waals surface area contributed by atoms with E-state index in [-0.39, 0.29) is 16.6 Å². The highest BCUT2D eigenvalue weighted by Gasteiger charge is 2.27. The summed E-state index contributed by atoms with van der Waals surface area (Å²) in [6.45, 7) is 1.91. The predicted molar refractivity (Wildman–Crippen MR) is 94.2 cm³/mol. The highest BCUT2D eigenvalue weighted by atomic mass is 32.2. The molecule has 3 heterocycles. The molecule has 6 nitrogen and oxygen atoms in total. The number of benzene rings is 1. The normalized spacial score (nSPS) is 16.6. The Morgan fingerprint density at radius 3 is 2.80 bits per heavy atom. The maximum absolute atomic E-state index is 13.1. The van der Waals surface area contributed by atoms with Crippen molar-refractivity contribution in [2.75, 3.05) is 6.26 Å². The van der Waals surface area contributed by atoms with Gasteiger partial charge in [0, 0.05) is 18.9 Å². The second-order valence-electron chi connectivity index (χ2n) is 6.22. The molecule has 1 aliphatic heterocycles. The van der Waals surface area contributed by atoms with Crippen LogP contribution in [0.5, 0.6) is 5.75 Å². The summed E-state index contributed by atoms with van der Waals surface area (Å²) in [6.07, 6.45) is 3.18. The molecule has 0 fully saturated rings. The third-order valence-corrected chi connectivity index (χ3v) is 5.40. The largest absolute Gasteiger partial charge is 0.489 e. The standard InChI is InChI=1S/C18H16N2O4S/c1-11-9-15-16(24-11)14-7-4-8-19-17(14)20(18(15)21)12-5-3-6-13(10-12)25(2,22)23/h3-8,10-11H,9H2,1-2H3. The lowest BCUT2D eigenvalue weighted by Gasteiger charge is -2.13. The van der Waals surface area contributed by atoms with Gasteiger partial charge in [0.25, 0.3) is 5.56 Å². The van der Waals surface area contributed by atoms with Crippen molar-refractivity contribution >= 4 is 20.9 Å². The van der Waals surface area contributed by atoms with E-state index < -0.39 is 9.84 Å². The maximum atomic E-state index is 13.1. The fourth-order valence-electron chi connectivity index (χ4n) is 3.18. The second kappa shape index (κ2) is 5.42. The molecule has 0 amide bonds. The van der Waals surface area contributed by atoms with E-state index in [0.29, 0.717) is 29.1 Å². The van der Waals surface area contributed by atoms with Crippen LogP contribution in [0.3, 0.4) is 0 Å². The van der Waals surface area contributed by atoms with Gasteiger partial charge in [0.1, 0.15) is 11.9 Å². The molecule has 1 aliphatic rings. The van der Waals surface area contributed by atoms with Crippen molar-refractivity contribution in [3.8, 4) is 11.4 Å². The zero-order valence-electron chi connectivity index (χ0n) is 13.8. The number of rotatable bonds is 2. The predicted octanol–water partition coefficient (Wildman–Crippen LogP) is 2.11. The van der Waals surface area contributed by atoms with Crippen molar-refractivity contribution in [2.45, 2.75) is 24.3 Å². The second-order valence-corrected chi connectivity index (χ2v) is 8.24. The Hall–Kier alpha value is -2.67. The molecule has 1 atom stereocenters. The van der Waals surface area contributed by atoms with Crippen LogP contribution in [-0.4, -0.2) is 30.3 Å². The highest BCUT2D eigenvalue weighted by Crippen LogP contribution is 2.34. The molecule has 128 valence electrons. The quantitative estimate of drug-likeness (QED) is 0.703. The third-order valence-electron chi connectivity index (χ3n) is 4.29. The number of nitrogens with zero attached hydrogens (tertiary/aromatic N) is 2. The van der Waals surface area contributed by atoms with Crippen LogP contribution in [-0.2, 0) is 16.3 Å². The molecule has 7 heteroatoms. The minimum atomic E-state index is -3.38. The lowest BCUT2D eigenvalue weighted by Crippen LogP contribution is -2.23. The minimum absolute atomic E-state index is 0.0793. The smallest absolute Gasteiger partial charge is 0.263 e. The lowest BCUT2D eigenvalue weighted by atomic mass is 10.1. The summed E-state index contributed by atoms with van der Waals surface area (Å²) >= 11 is 0. The van der Waals surface area contributed by atoms with Gasteiger partial charge in [-0.2, -0.15) is 0 Å². The number of ether oxygens (including phenoxy) is 1. The van der Waals surface area contributed by atoms with E-state index in [1.165, 1.54) is 16.7 Å². The first-order chi connectivity index (χ1) is 11.9. The zero-order valence-corrected chi connectivity index (χ0v) is 14.6. The summed E-state index contributed by atoms with van der Waals surface area (Å²) in [5.41, 5.74) is 1.29. The van der Waals surface area contributed by atoms with E-state index in [9.17, 15) is 13.2 Å². The third kappa shape index (κ3) is 2.51. The summed E-state index contributed by atoms with van der Waals surface area (Å²) in [5.74, 6) is 0.580. The van der Waals surface area contributed by atoms with Gasteiger partial charge >= 0.3 is 0 Å². The summed E-state index contributed by atoms with van der Waals surface area (Å²) in [4.78, 5) is 17.6. The van der Waals surface area contributed by atoms with Gasteiger partial charge in [-0.1, -0.05) is 6.07 Å². The van der Waals surface area contributed by atoms with Crippen LogP contribution in [0.4, 0.5) is 0 Å². The average Bonchev–Trinajstić information content (AvgIpc) is 2.97. The fourth-order valence-corrected chi connectivity index (χ4v) is 3.84. The van der Waals surface area contributed by atoms with Gasteiger partial charge in [-0.05, 0) is 37.3 Å². The highest BCUT2D eigenvalue weighted by molar-refractivity contribution is 7.90. The van der Waals surface area contributed by atoms with Crippen LogP contribution in [0.25, 0.3) is 16.7 Å². The Morgan fingerprint density at radius 1 is 1.24 bits per heavy atom.